The van der Waals surface area contributed by atoms with Gasteiger partial charge in [-0.05, 0) is 28.7 Å². The molecular formula is C23H26N2. The van der Waals surface area contributed by atoms with Gasteiger partial charge in [0.1, 0.15) is 0 Å². The standard InChI is InChI=1S/C23H26N2/c1-17(2)22(20-15-9-10-16-21(20)24)25-23(18-11-5-3-6-12-18)19-13-7-4-8-14-19/h3-17,22-23,25H,24H2,1-2H3. The summed E-state index contributed by atoms with van der Waals surface area (Å²) in [5.74, 6) is 0.416. The monoisotopic (exact) mass is 330 g/mol. The molecule has 2 nitrogen and oxygen atoms in total. The molecule has 1 unspecified atom stereocenters. The topological polar surface area (TPSA) is 38.0 Å². The summed E-state index contributed by atoms with van der Waals surface area (Å²) in [6, 6.07) is 29.6. The van der Waals surface area contributed by atoms with Crippen molar-refractivity contribution in [1.82, 2.24) is 5.32 Å². The zero-order valence-corrected chi connectivity index (χ0v) is 14.9. The van der Waals surface area contributed by atoms with E-state index in [0.717, 1.165) is 11.3 Å². The highest BCUT2D eigenvalue weighted by molar-refractivity contribution is 5.48. The van der Waals surface area contributed by atoms with Crippen LogP contribution in [0.4, 0.5) is 5.69 Å². The van der Waals surface area contributed by atoms with Gasteiger partial charge in [-0.2, -0.15) is 0 Å². The minimum Gasteiger partial charge on any atom is -0.398 e. The van der Waals surface area contributed by atoms with Gasteiger partial charge in [0.25, 0.3) is 0 Å². The molecule has 0 aliphatic rings. The van der Waals surface area contributed by atoms with Crippen LogP contribution in [-0.2, 0) is 0 Å². The Balaban J connectivity index is 2.00. The molecule has 0 aliphatic carbocycles. The first-order valence-corrected chi connectivity index (χ1v) is 8.87. The SMILES string of the molecule is CC(C)C(NC(c1ccccc1)c1ccccc1)c1ccccc1N. The van der Waals surface area contributed by atoms with Gasteiger partial charge >= 0.3 is 0 Å². The van der Waals surface area contributed by atoms with Gasteiger partial charge in [-0.15, -0.1) is 0 Å². The highest BCUT2D eigenvalue weighted by atomic mass is 15.0. The number of rotatable bonds is 6. The molecule has 0 saturated heterocycles. The van der Waals surface area contributed by atoms with Crippen LogP contribution in [0.15, 0.2) is 84.9 Å². The molecule has 0 radical (unpaired) electrons. The summed E-state index contributed by atoms with van der Waals surface area (Å²) in [5, 5.41) is 3.86. The highest BCUT2D eigenvalue weighted by Gasteiger charge is 2.23. The molecule has 3 N–H and O–H groups in total. The first-order valence-electron chi connectivity index (χ1n) is 8.87. The van der Waals surface area contributed by atoms with Gasteiger partial charge in [0.15, 0.2) is 0 Å². The van der Waals surface area contributed by atoms with E-state index >= 15 is 0 Å². The van der Waals surface area contributed by atoms with E-state index in [2.05, 4.69) is 92.0 Å². The Hall–Kier alpha value is -2.58. The highest BCUT2D eigenvalue weighted by Crippen LogP contribution is 2.32. The molecule has 128 valence electrons. The first kappa shape index (κ1) is 17.2. The van der Waals surface area contributed by atoms with Crippen molar-refractivity contribution in [2.45, 2.75) is 25.9 Å². The Kier molecular flexibility index (Phi) is 5.52. The van der Waals surface area contributed by atoms with Crippen molar-refractivity contribution in [1.29, 1.82) is 0 Å². The average Bonchev–Trinajstić information content (AvgIpc) is 2.65. The Morgan fingerprint density at radius 1 is 0.680 bits per heavy atom. The van der Waals surface area contributed by atoms with E-state index in [1.807, 2.05) is 12.1 Å². The fraction of sp³-hybridized carbons (Fsp3) is 0.217. The third kappa shape index (κ3) is 4.09. The zero-order valence-electron chi connectivity index (χ0n) is 14.9. The summed E-state index contributed by atoms with van der Waals surface area (Å²) in [6.45, 7) is 4.47. The second kappa shape index (κ2) is 8.00. The smallest absolute Gasteiger partial charge is 0.0581 e. The third-order valence-electron chi connectivity index (χ3n) is 4.61. The number of para-hydroxylation sites is 1. The normalized spacial score (nSPS) is 12.5. The van der Waals surface area contributed by atoms with Crippen molar-refractivity contribution in [3.8, 4) is 0 Å². The van der Waals surface area contributed by atoms with Crippen molar-refractivity contribution in [2.75, 3.05) is 5.73 Å². The summed E-state index contributed by atoms with van der Waals surface area (Å²) in [7, 11) is 0. The molecule has 3 rings (SSSR count). The lowest BCUT2D eigenvalue weighted by molar-refractivity contribution is 0.386. The number of nitrogens with one attached hydrogen (secondary N) is 1. The van der Waals surface area contributed by atoms with Gasteiger partial charge in [-0.3, -0.25) is 5.32 Å². The molecule has 0 spiro atoms. The van der Waals surface area contributed by atoms with E-state index in [4.69, 9.17) is 5.73 Å². The zero-order chi connectivity index (χ0) is 17.6. The Bertz CT molecular complexity index is 742. The molecule has 3 aromatic rings. The minimum atomic E-state index is 0.120. The molecule has 0 aliphatic heterocycles. The summed E-state index contributed by atoms with van der Waals surface area (Å²) in [5.41, 5.74) is 10.8. The van der Waals surface area contributed by atoms with Crippen LogP contribution in [0.25, 0.3) is 0 Å². The maximum absolute atomic E-state index is 6.27. The molecule has 2 heteroatoms. The predicted molar refractivity (Wildman–Crippen MR) is 106 cm³/mol. The number of nitrogens with two attached hydrogens (primary N) is 1. The molecule has 25 heavy (non-hydrogen) atoms. The van der Waals surface area contributed by atoms with Gasteiger partial charge < -0.3 is 5.73 Å². The molecular weight excluding hydrogens is 304 g/mol. The summed E-state index contributed by atoms with van der Waals surface area (Å²) in [4.78, 5) is 0. The maximum atomic E-state index is 6.27. The van der Waals surface area contributed by atoms with Crippen LogP contribution in [0, 0.1) is 5.92 Å². The van der Waals surface area contributed by atoms with Gasteiger partial charge in [0.05, 0.1) is 6.04 Å². The van der Waals surface area contributed by atoms with Crippen molar-refractivity contribution >= 4 is 5.69 Å². The van der Waals surface area contributed by atoms with Crippen LogP contribution >= 0.6 is 0 Å². The van der Waals surface area contributed by atoms with Crippen molar-refractivity contribution < 1.29 is 0 Å². The summed E-state index contributed by atoms with van der Waals surface area (Å²) in [6.07, 6.45) is 0. The van der Waals surface area contributed by atoms with E-state index < -0.39 is 0 Å². The lowest BCUT2D eigenvalue weighted by Crippen LogP contribution is -2.31. The van der Waals surface area contributed by atoms with Gasteiger partial charge in [0, 0.05) is 11.7 Å². The number of benzene rings is 3. The Morgan fingerprint density at radius 3 is 1.64 bits per heavy atom. The minimum absolute atomic E-state index is 0.120. The quantitative estimate of drug-likeness (QED) is 0.598. The number of hydrogen-bond acceptors (Lipinski definition) is 2. The lowest BCUT2D eigenvalue weighted by atomic mass is 9.91. The molecule has 0 bridgehead atoms. The second-order valence-corrected chi connectivity index (χ2v) is 6.77. The number of hydrogen-bond donors (Lipinski definition) is 2. The van der Waals surface area contributed by atoms with Crippen LogP contribution in [0.1, 0.15) is 42.6 Å². The summed E-state index contributed by atoms with van der Waals surface area (Å²) >= 11 is 0. The Morgan fingerprint density at radius 2 is 1.16 bits per heavy atom. The third-order valence-corrected chi connectivity index (χ3v) is 4.61. The molecule has 0 heterocycles. The van der Waals surface area contributed by atoms with Crippen LogP contribution in [0.2, 0.25) is 0 Å². The summed E-state index contributed by atoms with van der Waals surface area (Å²) < 4.78 is 0. The Labute approximate surface area is 150 Å². The second-order valence-electron chi connectivity index (χ2n) is 6.77. The molecule has 3 aromatic carbocycles. The van der Waals surface area contributed by atoms with E-state index in [1.165, 1.54) is 11.1 Å². The number of anilines is 1. The van der Waals surface area contributed by atoms with Crippen molar-refractivity contribution in [3.63, 3.8) is 0 Å². The molecule has 0 amide bonds. The van der Waals surface area contributed by atoms with Crippen LogP contribution in [0.5, 0.6) is 0 Å². The van der Waals surface area contributed by atoms with E-state index in [1.54, 1.807) is 0 Å². The van der Waals surface area contributed by atoms with Gasteiger partial charge in [0.2, 0.25) is 0 Å². The van der Waals surface area contributed by atoms with Gasteiger partial charge in [-0.1, -0.05) is 92.7 Å². The fourth-order valence-electron chi connectivity index (χ4n) is 3.29. The largest absolute Gasteiger partial charge is 0.398 e. The molecule has 0 fully saturated rings. The maximum Gasteiger partial charge on any atom is 0.0581 e. The van der Waals surface area contributed by atoms with E-state index in [-0.39, 0.29) is 12.1 Å². The number of nitrogen functional groups attached to an aromatic ring is 1. The predicted octanol–water partition coefficient (Wildman–Crippen LogP) is 5.35. The van der Waals surface area contributed by atoms with Gasteiger partial charge in [-0.25, -0.2) is 0 Å². The van der Waals surface area contributed by atoms with Crippen molar-refractivity contribution in [3.05, 3.63) is 102 Å². The van der Waals surface area contributed by atoms with Crippen LogP contribution < -0.4 is 11.1 Å². The molecule has 0 saturated carbocycles. The average molecular weight is 330 g/mol. The molecule has 0 aromatic heterocycles. The van der Waals surface area contributed by atoms with Crippen LogP contribution in [0.3, 0.4) is 0 Å². The lowest BCUT2D eigenvalue weighted by Gasteiger charge is -2.30. The van der Waals surface area contributed by atoms with E-state index in [0.29, 0.717) is 5.92 Å². The molecule has 1 atom stereocenters. The fourth-order valence-corrected chi connectivity index (χ4v) is 3.29. The van der Waals surface area contributed by atoms with Crippen molar-refractivity contribution in [2.24, 2.45) is 5.92 Å². The first-order chi connectivity index (χ1) is 12.2. The van der Waals surface area contributed by atoms with Crippen LogP contribution in [-0.4, -0.2) is 0 Å². The van der Waals surface area contributed by atoms with E-state index in [9.17, 15) is 0 Å².